The molecule has 2 aromatic heterocycles. The predicted molar refractivity (Wildman–Crippen MR) is 127 cm³/mol. The van der Waals surface area contributed by atoms with E-state index >= 15 is 0 Å². The van der Waals surface area contributed by atoms with E-state index in [2.05, 4.69) is 20.1 Å². The van der Waals surface area contributed by atoms with Crippen LogP contribution in [0.5, 0.6) is 0 Å². The van der Waals surface area contributed by atoms with Crippen LogP contribution in [0.4, 0.5) is 11.4 Å². The molecule has 4 aromatic rings. The number of aromatic nitrogens is 3. The summed E-state index contributed by atoms with van der Waals surface area (Å²) in [6, 6.07) is 18.4. The molecule has 9 heteroatoms. The van der Waals surface area contributed by atoms with E-state index in [9.17, 15) is 13.2 Å². The highest BCUT2D eigenvalue weighted by molar-refractivity contribution is 7.92. The first-order chi connectivity index (χ1) is 15.7. The maximum Gasteiger partial charge on any atom is 0.261 e. The normalized spacial score (nSPS) is 11.2. The number of amides is 1. The summed E-state index contributed by atoms with van der Waals surface area (Å²) in [5.74, 6) is 0.303. The Hall–Kier alpha value is -3.98. The zero-order valence-corrected chi connectivity index (χ0v) is 19.2. The van der Waals surface area contributed by atoms with Gasteiger partial charge in [-0.05, 0) is 75.4 Å². The van der Waals surface area contributed by atoms with Crippen LogP contribution in [0.2, 0.25) is 0 Å². The lowest BCUT2D eigenvalue weighted by Crippen LogP contribution is -2.14. The molecular weight excluding hydrogens is 438 g/mol. The van der Waals surface area contributed by atoms with Gasteiger partial charge in [-0.15, -0.1) is 0 Å². The number of sulfonamides is 1. The summed E-state index contributed by atoms with van der Waals surface area (Å²) in [6.07, 6.45) is 1.49. The van der Waals surface area contributed by atoms with Crippen LogP contribution in [0.1, 0.15) is 27.3 Å². The molecule has 0 bridgehead atoms. The number of nitrogens with one attached hydrogen (secondary N) is 2. The second-order valence-corrected chi connectivity index (χ2v) is 9.38. The van der Waals surface area contributed by atoms with Crippen LogP contribution in [-0.4, -0.2) is 29.1 Å². The largest absolute Gasteiger partial charge is 0.322 e. The molecule has 4 rings (SSSR count). The van der Waals surface area contributed by atoms with Crippen LogP contribution in [0.25, 0.3) is 5.82 Å². The van der Waals surface area contributed by atoms with Gasteiger partial charge in [0.05, 0.1) is 16.2 Å². The molecule has 2 heterocycles. The molecule has 8 nitrogen and oxygen atoms in total. The minimum Gasteiger partial charge on any atom is -0.322 e. The third-order valence-corrected chi connectivity index (χ3v) is 6.36. The standard InChI is InChI=1S/C24H23N5O3S/c1-16-4-11-22(12-5-16)33(31,32)28-21-9-7-20(8-10-21)26-24(30)19-6-13-23(25-15-19)29-18(3)14-17(2)27-29/h4-15,28H,1-3H3,(H,26,30). The van der Waals surface area contributed by atoms with Crippen LogP contribution < -0.4 is 10.0 Å². The topological polar surface area (TPSA) is 106 Å². The van der Waals surface area contributed by atoms with E-state index in [0.717, 1.165) is 17.0 Å². The van der Waals surface area contributed by atoms with E-state index in [1.807, 2.05) is 26.8 Å². The van der Waals surface area contributed by atoms with Crippen molar-refractivity contribution in [3.63, 3.8) is 0 Å². The number of nitrogens with zero attached hydrogens (tertiary/aromatic N) is 3. The Balaban J connectivity index is 1.42. The van der Waals surface area contributed by atoms with E-state index in [0.29, 0.717) is 22.8 Å². The van der Waals surface area contributed by atoms with Gasteiger partial charge in [-0.2, -0.15) is 5.10 Å². The molecule has 0 fully saturated rings. The molecule has 0 spiro atoms. The van der Waals surface area contributed by atoms with Crippen molar-refractivity contribution in [2.24, 2.45) is 0 Å². The third-order valence-electron chi connectivity index (χ3n) is 4.96. The Labute approximate surface area is 192 Å². The van der Waals surface area contributed by atoms with E-state index in [1.165, 1.54) is 6.20 Å². The van der Waals surface area contributed by atoms with Gasteiger partial charge in [0.15, 0.2) is 5.82 Å². The molecule has 168 valence electrons. The van der Waals surface area contributed by atoms with E-state index in [-0.39, 0.29) is 10.8 Å². The van der Waals surface area contributed by atoms with Crippen molar-refractivity contribution in [3.8, 4) is 5.82 Å². The lowest BCUT2D eigenvalue weighted by molar-refractivity contribution is 0.102. The summed E-state index contributed by atoms with van der Waals surface area (Å²) in [6.45, 7) is 5.74. The van der Waals surface area contributed by atoms with Gasteiger partial charge < -0.3 is 5.32 Å². The monoisotopic (exact) mass is 461 g/mol. The maximum atomic E-state index is 12.6. The number of anilines is 2. The average molecular weight is 462 g/mol. The first kappa shape index (κ1) is 22.2. The summed E-state index contributed by atoms with van der Waals surface area (Å²) in [5.41, 5.74) is 4.14. The van der Waals surface area contributed by atoms with Crippen LogP contribution in [-0.2, 0) is 10.0 Å². The van der Waals surface area contributed by atoms with Crippen molar-refractivity contribution in [1.82, 2.24) is 14.8 Å². The molecule has 0 aliphatic carbocycles. The lowest BCUT2D eigenvalue weighted by atomic mass is 10.2. The summed E-state index contributed by atoms with van der Waals surface area (Å²) in [4.78, 5) is 17.1. The number of rotatable bonds is 6. The van der Waals surface area contributed by atoms with Crippen molar-refractivity contribution in [2.45, 2.75) is 25.7 Å². The van der Waals surface area contributed by atoms with Gasteiger partial charge in [-0.25, -0.2) is 18.1 Å². The highest BCUT2D eigenvalue weighted by Crippen LogP contribution is 2.19. The maximum absolute atomic E-state index is 12.6. The van der Waals surface area contributed by atoms with Gasteiger partial charge in [-0.3, -0.25) is 9.52 Å². The Kier molecular flexibility index (Phi) is 5.97. The Morgan fingerprint density at radius 2 is 1.55 bits per heavy atom. The third kappa shape index (κ3) is 5.09. The fourth-order valence-electron chi connectivity index (χ4n) is 3.26. The minimum atomic E-state index is -3.69. The highest BCUT2D eigenvalue weighted by Gasteiger charge is 2.14. The Morgan fingerprint density at radius 1 is 0.879 bits per heavy atom. The van der Waals surface area contributed by atoms with E-state index < -0.39 is 10.0 Å². The molecular formula is C24H23N5O3S. The molecule has 0 atom stereocenters. The van der Waals surface area contributed by atoms with Gasteiger partial charge in [-0.1, -0.05) is 17.7 Å². The molecule has 33 heavy (non-hydrogen) atoms. The summed E-state index contributed by atoms with van der Waals surface area (Å²) in [7, 11) is -3.69. The SMILES string of the molecule is Cc1ccc(S(=O)(=O)Nc2ccc(NC(=O)c3ccc(-n4nc(C)cc4C)nc3)cc2)cc1. The predicted octanol–water partition coefficient (Wildman–Crippen LogP) is 4.25. The van der Waals surface area contributed by atoms with Crippen molar-refractivity contribution < 1.29 is 13.2 Å². The van der Waals surface area contributed by atoms with Crippen LogP contribution in [0, 0.1) is 20.8 Å². The molecule has 0 aliphatic rings. The number of pyridine rings is 1. The van der Waals surface area contributed by atoms with Crippen LogP contribution in [0.3, 0.4) is 0 Å². The van der Waals surface area contributed by atoms with Gasteiger partial charge in [0, 0.05) is 23.3 Å². The zero-order chi connectivity index (χ0) is 23.6. The second kappa shape index (κ2) is 8.87. The van der Waals surface area contributed by atoms with Gasteiger partial charge in [0.1, 0.15) is 0 Å². The molecule has 2 aromatic carbocycles. The highest BCUT2D eigenvalue weighted by atomic mass is 32.2. The van der Waals surface area contributed by atoms with Gasteiger partial charge in [0.25, 0.3) is 15.9 Å². The quantitative estimate of drug-likeness (QED) is 0.447. The summed E-state index contributed by atoms with van der Waals surface area (Å²) >= 11 is 0. The fourth-order valence-corrected chi connectivity index (χ4v) is 4.32. The van der Waals surface area contributed by atoms with Crippen molar-refractivity contribution in [1.29, 1.82) is 0 Å². The first-order valence-corrected chi connectivity index (χ1v) is 11.7. The lowest BCUT2D eigenvalue weighted by Gasteiger charge is -2.10. The van der Waals surface area contributed by atoms with E-state index in [1.54, 1.807) is 65.3 Å². The smallest absolute Gasteiger partial charge is 0.261 e. The fraction of sp³-hybridized carbons (Fsp3) is 0.125. The average Bonchev–Trinajstić information content (AvgIpc) is 3.13. The van der Waals surface area contributed by atoms with Gasteiger partial charge >= 0.3 is 0 Å². The summed E-state index contributed by atoms with van der Waals surface area (Å²) in [5, 5.41) is 7.17. The Morgan fingerprint density at radius 3 is 2.12 bits per heavy atom. The van der Waals surface area contributed by atoms with E-state index in [4.69, 9.17) is 0 Å². The molecule has 0 radical (unpaired) electrons. The second-order valence-electron chi connectivity index (χ2n) is 7.69. The molecule has 1 amide bonds. The number of hydrogen-bond acceptors (Lipinski definition) is 5. The molecule has 0 saturated carbocycles. The van der Waals surface area contributed by atoms with Gasteiger partial charge in [0.2, 0.25) is 0 Å². The number of benzene rings is 2. The first-order valence-electron chi connectivity index (χ1n) is 10.2. The number of carbonyl (C=O) groups is 1. The van der Waals surface area contributed by atoms with Crippen molar-refractivity contribution in [3.05, 3.63) is 95.4 Å². The number of carbonyl (C=O) groups excluding carboxylic acids is 1. The number of aryl methyl sites for hydroxylation is 3. The molecule has 0 aliphatic heterocycles. The Bertz CT molecular complexity index is 1390. The molecule has 0 saturated heterocycles. The minimum absolute atomic E-state index is 0.182. The molecule has 2 N–H and O–H groups in total. The molecule has 0 unspecified atom stereocenters. The van der Waals surface area contributed by atoms with Crippen LogP contribution in [0.15, 0.2) is 77.8 Å². The van der Waals surface area contributed by atoms with Crippen molar-refractivity contribution in [2.75, 3.05) is 10.0 Å². The van der Waals surface area contributed by atoms with Crippen molar-refractivity contribution >= 4 is 27.3 Å². The van der Waals surface area contributed by atoms with Crippen LogP contribution >= 0.6 is 0 Å². The number of hydrogen-bond donors (Lipinski definition) is 2. The zero-order valence-electron chi connectivity index (χ0n) is 18.4. The summed E-state index contributed by atoms with van der Waals surface area (Å²) < 4.78 is 29.3.